The first kappa shape index (κ1) is 67.5. The minimum Gasteiger partial charge on any atom is -0.489 e. The van der Waals surface area contributed by atoms with Crippen molar-refractivity contribution in [1.82, 2.24) is 116 Å². The van der Waals surface area contributed by atoms with E-state index in [0.717, 1.165) is 182 Å². The van der Waals surface area contributed by atoms with E-state index in [4.69, 9.17) is 68.9 Å². The zero-order chi connectivity index (χ0) is 76.0. The minimum atomic E-state index is -0.364. The Hall–Kier alpha value is -12.6. The first-order chi connectivity index (χ1) is 54.4. The number of aromatic nitrogens is 24. The molecule has 7 aliphatic rings. The van der Waals surface area contributed by atoms with Crippen LogP contribution in [-0.4, -0.2) is 149 Å². The topological polar surface area (TPSA) is 288 Å². The van der Waals surface area contributed by atoms with Gasteiger partial charge in [-0.15, -0.1) is 0 Å². The number of fused-ring (bicyclic) bond motifs is 16. The number of nitrogens with zero attached hydrogens (tertiary/aromatic N) is 24. The van der Waals surface area contributed by atoms with Gasteiger partial charge in [0.25, 0.3) is 0 Å². The molecular formula is C82H79FN24O5. The molecule has 0 amide bonds. The van der Waals surface area contributed by atoms with E-state index < -0.39 is 0 Å². The minimum absolute atomic E-state index is 0.0473. The average Bonchev–Trinajstić information content (AvgIpc) is 1.59. The lowest BCUT2D eigenvalue weighted by molar-refractivity contribution is 0.172. The van der Waals surface area contributed by atoms with E-state index >= 15 is 4.39 Å². The molecular weight excluding hydrogens is 1420 g/mol. The third-order valence-electron chi connectivity index (χ3n) is 23.3. The molecule has 1 aromatic carbocycles. The smallest absolute Gasteiger partial charge is 0.221 e. The number of aryl methyl sites for hydroxylation is 12. The maximum Gasteiger partial charge on any atom is 0.221 e. The van der Waals surface area contributed by atoms with Gasteiger partial charge in [0.15, 0.2) is 80.1 Å². The number of rotatable bonds is 8. The Morgan fingerprint density at radius 3 is 1.31 bits per heavy atom. The quantitative estimate of drug-likeness (QED) is 0.137. The van der Waals surface area contributed by atoms with E-state index in [1.54, 1.807) is 23.0 Å². The Balaban J connectivity index is 0.0000000943. The summed E-state index contributed by atoms with van der Waals surface area (Å²) in [4.78, 5) is 56.1. The fraction of sp³-hybridized carbons (Fsp3) is 0.366. The van der Waals surface area contributed by atoms with Crippen LogP contribution in [0.15, 0.2) is 98.2 Å². The van der Waals surface area contributed by atoms with Crippen LogP contribution in [0.25, 0.3) is 55.9 Å². The first-order valence-corrected chi connectivity index (χ1v) is 38.4. The first-order valence-electron chi connectivity index (χ1n) is 38.4. The zero-order valence-corrected chi connectivity index (χ0v) is 63.8. The molecule has 8 atom stereocenters. The summed E-state index contributed by atoms with van der Waals surface area (Å²) in [5.41, 5.74) is 22.7. The number of hydrogen-bond donors (Lipinski definition) is 0. The molecule has 19 heterocycles. The van der Waals surface area contributed by atoms with Crippen LogP contribution in [0.1, 0.15) is 194 Å². The lowest BCUT2D eigenvalue weighted by Gasteiger charge is -2.18. The molecule has 4 aliphatic carbocycles. The van der Waals surface area contributed by atoms with Gasteiger partial charge >= 0.3 is 0 Å². The van der Waals surface area contributed by atoms with Crippen molar-refractivity contribution in [1.29, 1.82) is 0 Å². The maximum atomic E-state index is 15.1. The summed E-state index contributed by atoms with van der Waals surface area (Å²) >= 11 is 0. The Morgan fingerprint density at radius 1 is 0.366 bits per heavy atom. The van der Waals surface area contributed by atoms with Crippen molar-refractivity contribution in [3.63, 3.8) is 0 Å². The van der Waals surface area contributed by atoms with Gasteiger partial charge in [-0.25, -0.2) is 57.9 Å². The number of pyridine rings is 4. The third-order valence-corrected chi connectivity index (χ3v) is 23.3. The second kappa shape index (κ2) is 25.5. The van der Waals surface area contributed by atoms with Crippen molar-refractivity contribution in [2.45, 2.75) is 162 Å². The molecule has 30 heteroatoms. The molecule has 0 N–H and O–H groups in total. The predicted octanol–water partition coefficient (Wildman–Crippen LogP) is 12.7. The predicted molar refractivity (Wildman–Crippen MR) is 410 cm³/mol. The van der Waals surface area contributed by atoms with Crippen LogP contribution >= 0.6 is 0 Å². The molecule has 112 heavy (non-hydrogen) atoms. The lowest BCUT2D eigenvalue weighted by atomic mass is 10.1. The van der Waals surface area contributed by atoms with Crippen LogP contribution in [0.4, 0.5) is 4.39 Å². The molecule has 0 radical (unpaired) electrons. The van der Waals surface area contributed by atoms with Crippen molar-refractivity contribution in [3.8, 4) is 28.7 Å². The molecule has 4 fully saturated rings. The summed E-state index contributed by atoms with van der Waals surface area (Å²) in [6, 6.07) is 14.4. The molecule has 564 valence electrons. The van der Waals surface area contributed by atoms with Crippen LogP contribution < -0.4 is 23.7 Å². The van der Waals surface area contributed by atoms with Crippen molar-refractivity contribution in [3.05, 3.63) is 218 Å². The molecule has 8 unspecified atom stereocenters. The number of ether oxygens (including phenoxy) is 5. The second-order valence-electron chi connectivity index (χ2n) is 30.9. The van der Waals surface area contributed by atoms with E-state index in [9.17, 15) is 0 Å². The lowest BCUT2D eigenvalue weighted by Crippen LogP contribution is -2.16. The zero-order valence-electron chi connectivity index (χ0n) is 63.8. The number of benzene rings is 1. The van der Waals surface area contributed by atoms with Crippen LogP contribution in [0.3, 0.4) is 0 Å². The monoisotopic (exact) mass is 1500 g/mol. The highest BCUT2D eigenvalue weighted by molar-refractivity contribution is 5.96. The molecule has 0 saturated heterocycles. The molecule has 24 rings (SSSR count). The molecule has 4 saturated carbocycles. The van der Waals surface area contributed by atoms with Crippen LogP contribution in [-0.2, 0) is 6.42 Å². The van der Waals surface area contributed by atoms with Crippen molar-refractivity contribution < 1.29 is 28.1 Å². The molecule has 16 aromatic heterocycles. The molecule has 0 bridgehead atoms. The highest BCUT2D eigenvalue weighted by Gasteiger charge is 2.49. The van der Waals surface area contributed by atoms with Gasteiger partial charge in [0.05, 0.1) is 69.2 Å². The Kier molecular flexibility index (Phi) is 15.3. The fourth-order valence-electron chi connectivity index (χ4n) is 16.7. The van der Waals surface area contributed by atoms with Gasteiger partial charge in [-0.05, 0) is 143 Å². The second-order valence-corrected chi connectivity index (χ2v) is 30.9. The summed E-state index contributed by atoms with van der Waals surface area (Å²) in [5.74, 6) is 8.59. The number of halogens is 1. The van der Waals surface area contributed by atoms with Gasteiger partial charge in [0.2, 0.25) is 17.4 Å². The van der Waals surface area contributed by atoms with E-state index in [-0.39, 0.29) is 23.7 Å². The average molecular weight is 1500 g/mol. The number of imidazole rings is 4. The largest absolute Gasteiger partial charge is 0.489 e. The van der Waals surface area contributed by atoms with E-state index in [1.165, 1.54) is 37.7 Å². The van der Waals surface area contributed by atoms with Crippen molar-refractivity contribution in [2.75, 3.05) is 33.0 Å². The summed E-state index contributed by atoms with van der Waals surface area (Å²) in [6.45, 7) is 25.0. The summed E-state index contributed by atoms with van der Waals surface area (Å²) in [5, 5.41) is 21.4. The highest BCUT2D eigenvalue weighted by Crippen LogP contribution is 2.58. The van der Waals surface area contributed by atoms with E-state index in [0.29, 0.717) is 84.7 Å². The van der Waals surface area contributed by atoms with Gasteiger partial charge in [-0.2, -0.15) is 24.8 Å². The van der Waals surface area contributed by atoms with Crippen LogP contribution in [0.2, 0.25) is 0 Å². The molecule has 17 aromatic rings. The van der Waals surface area contributed by atoms with Crippen molar-refractivity contribution >= 4 is 55.9 Å². The molecule has 0 spiro atoms. The summed E-state index contributed by atoms with van der Waals surface area (Å²) in [7, 11) is 0. The molecule has 3 aliphatic heterocycles. The molecule has 29 nitrogen and oxygen atoms in total. The Bertz CT molecular complexity index is 6430. The SMILES string of the molecule is Cc1cccc2c1ccn1c(C)c(C3CC3c3nc4c(C)ncc(C)n4n3)nc21.Cc1ncc(C)n2nc(C3CC3c3cn4ccc5c(c4n3)OCCC5)nc12.Cc1ncc(C)n2nc(C3CC3c3nc4c5c(ccn4c3C)OCCO5)nc12.Cc1ncc(C)n2nc(C3CC3c3nc4c5c(ccn4c3F)OCCO5)nc12. The van der Waals surface area contributed by atoms with Gasteiger partial charge in [-0.3, -0.25) is 24.3 Å². The fourth-order valence-corrected chi connectivity index (χ4v) is 16.7. The highest BCUT2D eigenvalue weighted by atomic mass is 19.1. The Labute approximate surface area is 639 Å². The third kappa shape index (κ3) is 11.0. The van der Waals surface area contributed by atoms with Gasteiger partial charge in [0.1, 0.15) is 37.8 Å². The normalized spacial score (nSPS) is 20.5. The van der Waals surface area contributed by atoms with E-state index in [1.807, 2.05) is 99.8 Å². The van der Waals surface area contributed by atoms with E-state index in [2.05, 4.69) is 118 Å². The van der Waals surface area contributed by atoms with Gasteiger partial charge in [0, 0.05) is 132 Å². The van der Waals surface area contributed by atoms with Crippen LogP contribution in [0.5, 0.6) is 28.7 Å². The maximum absolute atomic E-state index is 15.1. The summed E-state index contributed by atoms with van der Waals surface area (Å²) < 4.78 is 59.1. The standard InChI is InChI=1S/C23H22N6.C20H20N6O2.C20H20N6O.C19H17FN6O2/c1-12-6-5-7-17-16(12)8-9-28-15(4)20(25-23(17)28)18-10-19(18)21-26-22-14(3)24-11-13(2)29(22)27-21;1-10-9-21-11(2)19-23-18(24-26(10)19)14-8-13(14)16-12(3)25-5-4-15-17(20(25)22-16)28-7-6-27-15;1-11-9-21-12(2)19-23-18(24-26(11)19)15-8-14(15)16-10-25-6-5-13-4-3-7-27-17(13)20(25)22-16;1-9-8-21-10(2)18-23-17(24-26(9)18)12-7-11(12)14-16(20)25-4-3-13-15(19(25)22-14)28-6-5-27-13/h5-9,11,18-19H,10H2,1-4H3;4-5,9,13-14H,6-8H2,1-3H3;5-6,9-10,14-15H,3-4,7-8H2,1-2H3;3-4,8,11-12H,5-7H2,1-2H3. The van der Waals surface area contributed by atoms with Crippen LogP contribution in [0, 0.1) is 82.1 Å². The Morgan fingerprint density at radius 2 is 0.795 bits per heavy atom. The number of hydrogen-bond acceptors (Lipinski definition) is 21. The van der Waals surface area contributed by atoms with Gasteiger partial charge in [-0.1, -0.05) is 18.2 Å². The van der Waals surface area contributed by atoms with Gasteiger partial charge < -0.3 is 36.9 Å². The summed E-state index contributed by atoms with van der Waals surface area (Å²) in [6.07, 6.45) is 23.3. The van der Waals surface area contributed by atoms with Crippen molar-refractivity contribution in [2.24, 2.45) is 0 Å².